The monoisotopic (exact) mass is 491 g/mol. The Hall–Kier alpha value is -4.84. The van der Waals surface area contributed by atoms with Crippen molar-refractivity contribution in [1.29, 1.82) is 0 Å². The fraction of sp³-hybridized carbons (Fsp3) is 0.214. The van der Waals surface area contributed by atoms with Crippen molar-refractivity contribution in [1.82, 2.24) is 34.7 Å². The van der Waals surface area contributed by atoms with Crippen LogP contribution in [0.15, 0.2) is 54.6 Å². The van der Waals surface area contributed by atoms with Crippen molar-refractivity contribution in [3.63, 3.8) is 0 Å². The van der Waals surface area contributed by atoms with Gasteiger partial charge in [0, 0.05) is 23.6 Å². The standard InChI is InChI=1S/C28H25N7O2/c1-18-29-23(12-11-21-10-9-20-7-5-6-8-24(20)32-21)17-27(30-18)35-26(31-19(2)34-35)16-14-22-13-15-25(36-3)28(33-22)37-4/h5-10,13,15,17H,14,16H2,1-4H3. The van der Waals surface area contributed by atoms with Crippen LogP contribution in [-0.4, -0.2) is 48.9 Å². The zero-order valence-corrected chi connectivity index (χ0v) is 21.1. The van der Waals surface area contributed by atoms with Crippen LogP contribution in [0.5, 0.6) is 11.6 Å². The Bertz CT molecular complexity index is 1650. The first-order chi connectivity index (χ1) is 18.0. The minimum atomic E-state index is 0.452. The zero-order valence-electron chi connectivity index (χ0n) is 21.1. The molecule has 0 saturated carbocycles. The van der Waals surface area contributed by atoms with Crippen LogP contribution in [0.25, 0.3) is 16.7 Å². The molecule has 0 saturated heterocycles. The summed E-state index contributed by atoms with van der Waals surface area (Å²) in [5.41, 5.74) is 3.02. The first-order valence-corrected chi connectivity index (χ1v) is 11.8. The minimum Gasteiger partial charge on any atom is -0.491 e. The van der Waals surface area contributed by atoms with Crippen molar-refractivity contribution >= 4 is 10.9 Å². The predicted octanol–water partition coefficient (Wildman–Crippen LogP) is 3.82. The van der Waals surface area contributed by atoms with Crippen LogP contribution in [0.1, 0.15) is 34.6 Å². The Morgan fingerprint density at radius 2 is 1.59 bits per heavy atom. The van der Waals surface area contributed by atoms with E-state index in [0.29, 0.717) is 53.3 Å². The molecule has 37 heavy (non-hydrogen) atoms. The lowest BCUT2D eigenvalue weighted by Gasteiger charge is -2.09. The summed E-state index contributed by atoms with van der Waals surface area (Å²) in [7, 11) is 3.16. The summed E-state index contributed by atoms with van der Waals surface area (Å²) < 4.78 is 12.3. The Labute approximate surface area is 214 Å². The second-order valence-electron chi connectivity index (χ2n) is 8.30. The van der Waals surface area contributed by atoms with Crippen LogP contribution >= 0.6 is 0 Å². The molecule has 5 aromatic rings. The highest BCUT2D eigenvalue weighted by Crippen LogP contribution is 2.24. The van der Waals surface area contributed by atoms with E-state index >= 15 is 0 Å². The van der Waals surface area contributed by atoms with Crippen molar-refractivity contribution in [2.24, 2.45) is 0 Å². The van der Waals surface area contributed by atoms with E-state index in [1.54, 1.807) is 18.9 Å². The van der Waals surface area contributed by atoms with Crippen molar-refractivity contribution in [2.75, 3.05) is 14.2 Å². The van der Waals surface area contributed by atoms with Crippen LogP contribution in [0.4, 0.5) is 0 Å². The maximum Gasteiger partial charge on any atom is 0.256 e. The average molecular weight is 492 g/mol. The summed E-state index contributed by atoms with van der Waals surface area (Å²) in [5, 5.41) is 5.65. The van der Waals surface area contributed by atoms with Gasteiger partial charge in [0.25, 0.3) is 5.88 Å². The number of hydrogen-bond acceptors (Lipinski definition) is 8. The molecule has 0 unspecified atom stereocenters. The first-order valence-electron chi connectivity index (χ1n) is 11.8. The van der Waals surface area contributed by atoms with E-state index in [9.17, 15) is 0 Å². The third-order valence-corrected chi connectivity index (χ3v) is 5.64. The summed E-state index contributed by atoms with van der Waals surface area (Å²) >= 11 is 0. The zero-order chi connectivity index (χ0) is 25.8. The summed E-state index contributed by atoms with van der Waals surface area (Å²) in [6.07, 6.45) is 1.25. The van der Waals surface area contributed by atoms with Crippen molar-refractivity contribution < 1.29 is 9.47 Å². The number of fused-ring (bicyclic) bond motifs is 1. The third kappa shape index (κ3) is 5.38. The molecule has 0 N–H and O–H groups in total. The normalized spacial score (nSPS) is 10.7. The smallest absolute Gasteiger partial charge is 0.256 e. The number of pyridine rings is 2. The number of rotatable bonds is 6. The van der Waals surface area contributed by atoms with Crippen LogP contribution < -0.4 is 9.47 Å². The van der Waals surface area contributed by atoms with Gasteiger partial charge in [0.2, 0.25) is 0 Å². The van der Waals surface area contributed by atoms with Gasteiger partial charge in [0.15, 0.2) is 11.6 Å². The van der Waals surface area contributed by atoms with Gasteiger partial charge in [-0.3, -0.25) is 0 Å². The second kappa shape index (κ2) is 10.4. The first kappa shape index (κ1) is 23.9. The number of benzene rings is 1. The largest absolute Gasteiger partial charge is 0.491 e. The van der Waals surface area contributed by atoms with Crippen molar-refractivity contribution in [3.05, 3.63) is 89.2 Å². The van der Waals surface area contributed by atoms with E-state index < -0.39 is 0 Å². The molecule has 184 valence electrons. The fourth-order valence-electron chi connectivity index (χ4n) is 3.94. The average Bonchev–Trinajstić information content (AvgIpc) is 3.30. The van der Waals surface area contributed by atoms with E-state index in [1.807, 2.05) is 68.4 Å². The molecule has 5 rings (SSSR count). The lowest BCUT2D eigenvalue weighted by molar-refractivity contribution is 0.342. The minimum absolute atomic E-state index is 0.452. The van der Waals surface area contributed by atoms with Gasteiger partial charge < -0.3 is 9.47 Å². The molecule has 0 aliphatic rings. The van der Waals surface area contributed by atoms with Gasteiger partial charge in [-0.05, 0) is 56.4 Å². The van der Waals surface area contributed by atoms with Gasteiger partial charge in [-0.1, -0.05) is 24.3 Å². The van der Waals surface area contributed by atoms with Gasteiger partial charge in [0.1, 0.15) is 28.9 Å². The molecule has 0 fully saturated rings. The molecule has 9 heteroatoms. The number of aryl methyl sites for hydroxylation is 4. The highest BCUT2D eigenvalue weighted by molar-refractivity contribution is 5.78. The molecule has 9 nitrogen and oxygen atoms in total. The second-order valence-corrected chi connectivity index (χ2v) is 8.30. The molecule has 0 spiro atoms. The van der Waals surface area contributed by atoms with Crippen molar-refractivity contribution in [3.8, 4) is 29.3 Å². The topological polar surface area (TPSA) is 101 Å². The number of nitrogens with zero attached hydrogens (tertiary/aromatic N) is 7. The van der Waals surface area contributed by atoms with E-state index in [0.717, 1.165) is 22.4 Å². The molecule has 1 aromatic carbocycles. The third-order valence-electron chi connectivity index (χ3n) is 5.64. The lowest BCUT2D eigenvalue weighted by atomic mass is 10.2. The molecule has 0 aliphatic carbocycles. The predicted molar refractivity (Wildman–Crippen MR) is 139 cm³/mol. The van der Waals surface area contributed by atoms with Gasteiger partial charge in [-0.2, -0.15) is 4.68 Å². The van der Waals surface area contributed by atoms with Gasteiger partial charge in [-0.25, -0.2) is 24.9 Å². The molecule has 0 aliphatic heterocycles. The van der Waals surface area contributed by atoms with Crippen molar-refractivity contribution in [2.45, 2.75) is 26.7 Å². The van der Waals surface area contributed by atoms with Crippen LogP contribution in [0.2, 0.25) is 0 Å². The van der Waals surface area contributed by atoms with E-state index in [-0.39, 0.29) is 0 Å². The number of hydrogen-bond donors (Lipinski definition) is 0. The highest BCUT2D eigenvalue weighted by atomic mass is 16.5. The van der Waals surface area contributed by atoms with E-state index in [1.165, 1.54) is 0 Å². The number of ether oxygens (including phenoxy) is 2. The SMILES string of the molecule is COc1ccc(CCc2nc(C)nn2-c2cc(C#Cc3ccc4ccccc4n3)nc(C)n2)nc1OC. The number of methoxy groups -OCH3 is 2. The van der Waals surface area contributed by atoms with Gasteiger partial charge >= 0.3 is 0 Å². The van der Waals surface area contributed by atoms with E-state index in [2.05, 4.69) is 41.9 Å². The maximum absolute atomic E-state index is 5.32. The molecular formula is C28H25N7O2. The van der Waals surface area contributed by atoms with E-state index in [4.69, 9.17) is 9.47 Å². The molecular weight excluding hydrogens is 466 g/mol. The fourth-order valence-corrected chi connectivity index (χ4v) is 3.94. The number of para-hydroxylation sites is 1. The Kier molecular flexibility index (Phi) is 6.72. The highest BCUT2D eigenvalue weighted by Gasteiger charge is 2.14. The van der Waals surface area contributed by atoms with Crippen LogP contribution in [-0.2, 0) is 12.8 Å². The molecule has 0 amide bonds. The Morgan fingerprint density at radius 1 is 0.757 bits per heavy atom. The van der Waals surface area contributed by atoms with Crippen LogP contribution in [0, 0.1) is 25.7 Å². The molecule has 0 bridgehead atoms. The molecule has 0 atom stereocenters. The quantitative estimate of drug-likeness (QED) is 0.331. The molecule has 4 heterocycles. The lowest BCUT2D eigenvalue weighted by Crippen LogP contribution is -2.09. The maximum atomic E-state index is 5.32. The Balaban J connectivity index is 1.41. The summed E-state index contributed by atoms with van der Waals surface area (Å²) in [6, 6.07) is 17.5. The number of aromatic nitrogens is 7. The van der Waals surface area contributed by atoms with Gasteiger partial charge in [0.05, 0.1) is 19.7 Å². The summed E-state index contributed by atoms with van der Waals surface area (Å²) in [6.45, 7) is 3.69. The van der Waals surface area contributed by atoms with Gasteiger partial charge in [-0.15, -0.1) is 5.10 Å². The van der Waals surface area contributed by atoms with Crippen LogP contribution in [0.3, 0.4) is 0 Å². The molecule has 4 aromatic heterocycles. The molecule has 0 radical (unpaired) electrons. The Morgan fingerprint density at radius 3 is 2.43 bits per heavy atom. The summed E-state index contributed by atoms with van der Waals surface area (Å²) in [5.74, 6) is 9.91. The summed E-state index contributed by atoms with van der Waals surface area (Å²) in [4.78, 5) is 22.9.